The number of nitrogens with zero attached hydrogens (tertiary/aromatic N) is 1. The fourth-order valence-corrected chi connectivity index (χ4v) is 3.39. The normalized spacial score (nSPS) is 20.6. The van der Waals surface area contributed by atoms with Crippen molar-refractivity contribution in [2.24, 2.45) is 0 Å². The molecule has 0 spiro atoms. The molecule has 0 aliphatic carbocycles. The van der Waals surface area contributed by atoms with Gasteiger partial charge < -0.3 is 15.5 Å². The standard InChI is InChI=1S/C20H24N2O3/c1-14-7-16(9-18(23)8-14)20(25)21-11-17-10-19(24)13-22(17)12-15-5-3-2-4-6-15/h2-9,17,19,23-24H,10-13H2,1H3,(H,21,25). The number of nitrogens with one attached hydrogen (secondary N) is 1. The molecule has 0 bridgehead atoms. The summed E-state index contributed by atoms with van der Waals surface area (Å²) >= 11 is 0. The number of β-amino-alcohol motifs (C(OH)–C–C–N with tert-alkyl or cyclic N) is 1. The van der Waals surface area contributed by atoms with Crippen molar-refractivity contribution >= 4 is 5.91 Å². The lowest BCUT2D eigenvalue weighted by Gasteiger charge is -2.24. The van der Waals surface area contributed by atoms with Crippen LogP contribution in [-0.2, 0) is 6.54 Å². The van der Waals surface area contributed by atoms with Gasteiger partial charge in [0.2, 0.25) is 0 Å². The summed E-state index contributed by atoms with van der Waals surface area (Å²) < 4.78 is 0. The highest BCUT2D eigenvalue weighted by molar-refractivity contribution is 5.94. The molecule has 2 aromatic carbocycles. The van der Waals surface area contributed by atoms with Gasteiger partial charge in [-0.15, -0.1) is 0 Å². The van der Waals surface area contributed by atoms with Crippen LogP contribution < -0.4 is 5.32 Å². The molecule has 2 atom stereocenters. The molecule has 2 aromatic rings. The molecule has 3 N–H and O–H groups in total. The van der Waals surface area contributed by atoms with Crippen LogP contribution in [-0.4, -0.2) is 46.3 Å². The van der Waals surface area contributed by atoms with E-state index < -0.39 is 0 Å². The van der Waals surface area contributed by atoms with Crippen LogP contribution in [0, 0.1) is 6.92 Å². The first kappa shape index (κ1) is 17.5. The zero-order chi connectivity index (χ0) is 17.8. The van der Waals surface area contributed by atoms with Crippen LogP contribution in [0.2, 0.25) is 0 Å². The molecule has 1 fully saturated rings. The molecule has 0 radical (unpaired) electrons. The molecule has 132 valence electrons. The number of aliphatic hydroxyl groups excluding tert-OH is 1. The maximum atomic E-state index is 12.3. The van der Waals surface area contributed by atoms with Crippen LogP contribution in [0.25, 0.3) is 0 Å². The number of benzene rings is 2. The van der Waals surface area contributed by atoms with Gasteiger partial charge in [-0.3, -0.25) is 9.69 Å². The molecule has 1 heterocycles. The van der Waals surface area contributed by atoms with Crippen molar-refractivity contribution in [2.75, 3.05) is 13.1 Å². The number of phenolic OH excluding ortho intramolecular Hbond substituents is 1. The number of likely N-dealkylation sites (tertiary alicyclic amines) is 1. The molecule has 3 rings (SSSR count). The zero-order valence-corrected chi connectivity index (χ0v) is 14.4. The summed E-state index contributed by atoms with van der Waals surface area (Å²) in [6.07, 6.45) is 0.278. The number of rotatable bonds is 5. The summed E-state index contributed by atoms with van der Waals surface area (Å²) in [5, 5.41) is 22.6. The Balaban J connectivity index is 1.61. The highest BCUT2D eigenvalue weighted by Gasteiger charge is 2.31. The SMILES string of the molecule is Cc1cc(O)cc(C(=O)NCC2CC(O)CN2Cc2ccccc2)c1. The molecule has 5 heteroatoms. The number of carbonyl (C=O) groups is 1. The number of phenols is 1. The number of aryl methyl sites for hydroxylation is 1. The van der Waals surface area contributed by atoms with Gasteiger partial charge in [0.25, 0.3) is 5.91 Å². The van der Waals surface area contributed by atoms with Crippen molar-refractivity contribution in [1.29, 1.82) is 0 Å². The maximum absolute atomic E-state index is 12.3. The summed E-state index contributed by atoms with van der Waals surface area (Å²) in [6, 6.07) is 15.0. The van der Waals surface area contributed by atoms with E-state index in [1.54, 1.807) is 12.1 Å². The van der Waals surface area contributed by atoms with Gasteiger partial charge in [0, 0.05) is 31.2 Å². The van der Waals surface area contributed by atoms with Gasteiger partial charge >= 0.3 is 0 Å². The topological polar surface area (TPSA) is 72.8 Å². The van der Waals surface area contributed by atoms with Crippen LogP contribution in [0.4, 0.5) is 0 Å². The van der Waals surface area contributed by atoms with Gasteiger partial charge in [-0.2, -0.15) is 0 Å². The average Bonchev–Trinajstić information content (AvgIpc) is 2.92. The highest BCUT2D eigenvalue weighted by atomic mass is 16.3. The van der Waals surface area contributed by atoms with E-state index in [0.29, 0.717) is 25.1 Å². The average molecular weight is 340 g/mol. The van der Waals surface area contributed by atoms with Crippen molar-refractivity contribution in [3.63, 3.8) is 0 Å². The molecule has 0 saturated carbocycles. The Kier molecular flexibility index (Phi) is 5.36. The first-order valence-electron chi connectivity index (χ1n) is 8.56. The van der Waals surface area contributed by atoms with Crippen molar-refractivity contribution in [3.05, 3.63) is 65.2 Å². The molecular weight excluding hydrogens is 316 g/mol. The van der Waals surface area contributed by atoms with E-state index >= 15 is 0 Å². The Labute approximate surface area is 147 Å². The smallest absolute Gasteiger partial charge is 0.251 e. The molecule has 0 aromatic heterocycles. The van der Waals surface area contributed by atoms with E-state index in [9.17, 15) is 15.0 Å². The highest BCUT2D eigenvalue weighted by Crippen LogP contribution is 2.20. The molecule has 5 nitrogen and oxygen atoms in total. The van der Waals surface area contributed by atoms with Gasteiger partial charge in [0.15, 0.2) is 0 Å². The van der Waals surface area contributed by atoms with Crippen LogP contribution >= 0.6 is 0 Å². The third kappa shape index (κ3) is 4.59. The molecule has 1 aliphatic heterocycles. The van der Waals surface area contributed by atoms with E-state index in [-0.39, 0.29) is 23.8 Å². The van der Waals surface area contributed by atoms with Crippen molar-refractivity contribution in [1.82, 2.24) is 10.2 Å². The second-order valence-electron chi connectivity index (χ2n) is 6.73. The molecule has 1 saturated heterocycles. The van der Waals surface area contributed by atoms with E-state index in [4.69, 9.17) is 0 Å². The number of hydrogen-bond donors (Lipinski definition) is 3. The molecule has 1 amide bonds. The van der Waals surface area contributed by atoms with Crippen molar-refractivity contribution < 1.29 is 15.0 Å². The van der Waals surface area contributed by atoms with Crippen molar-refractivity contribution in [3.8, 4) is 5.75 Å². The van der Waals surface area contributed by atoms with Crippen molar-refractivity contribution in [2.45, 2.75) is 32.0 Å². The van der Waals surface area contributed by atoms with Crippen LogP contribution in [0.3, 0.4) is 0 Å². The molecule has 1 aliphatic rings. The van der Waals surface area contributed by atoms with Crippen LogP contribution in [0.1, 0.15) is 27.9 Å². The van der Waals surface area contributed by atoms with Gasteiger partial charge in [-0.05, 0) is 42.7 Å². The Bertz CT molecular complexity index is 713. The van der Waals surface area contributed by atoms with E-state index in [1.165, 1.54) is 11.6 Å². The number of carbonyl (C=O) groups excluding carboxylic acids is 1. The molecule has 2 unspecified atom stereocenters. The van der Waals surface area contributed by atoms with Gasteiger partial charge in [-0.25, -0.2) is 0 Å². The Morgan fingerprint density at radius 1 is 1.24 bits per heavy atom. The number of aromatic hydroxyl groups is 1. The van der Waals surface area contributed by atoms with Gasteiger partial charge in [0.1, 0.15) is 5.75 Å². The third-order valence-electron chi connectivity index (χ3n) is 4.56. The summed E-state index contributed by atoms with van der Waals surface area (Å²) in [5.74, 6) is -0.118. The van der Waals surface area contributed by atoms with E-state index in [1.807, 2.05) is 25.1 Å². The van der Waals surface area contributed by atoms with E-state index in [0.717, 1.165) is 12.1 Å². The van der Waals surface area contributed by atoms with Crippen LogP contribution in [0.5, 0.6) is 5.75 Å². The predicted molar refractivity (Wildman–Crippen MR) is 96.4 cm³/mol. The minimum absolute atomic E-state index is 0.0899. The summed E-state index contributed by atoms with van der Waals surface area (Å²) in [6.45, 7) is 3.67. The second kappa shape index (κ2) is 7.68. The largest absolute Gasteiger partial charge is 0.508 e. The first-order chi connectivity index (χ1) is 12.0. The lowest BCUT2D eigenvalue weighted by molar-refractivity contribution is 0.0939. The quantitative estimate of drug-likeness (QED) is 0.779. The monoisotopic (exact) mass is 340 g/mol. The third-order valence-corrected chi connectivity index (χ3v) is 4.56. The summed E-state index contributed by atoms with van der Waals surface area (Å²) in [7, 11) is 0. The number of amides is 1. The summed E-state index contributed by atoms with van der Waals surface area (Å²) in [4.78, 5) is 14.6. The minimum Gasteiger partial charge on any atom is -0.508 e. The first-order valence-corrected chi connectivity index (χ1v) is 8.56. The zero-order valence-electron chi connectivity index (χ0n) is 14.4. The summed E-state index contributed by atoms with van der Waals surface area (Å²) in [5.41, 5.74) is 2.48. The molecular formula is C20H24N2O3. The van der Waals surface area contributed by atoms with Gasteiger partial charge in [0.05, 0.1) is 6.10 Å². The molecule has 25 heavy (non-hydrogen) atoms. The lowest BCUT2D eigenvalue weighted by atomic mass is 10.1. The fraction of sp³-hybridized carbons (Fsp3) is 0.350. The second-order valence-corrected chi connectivity index (χ2v) is 6.73. The number of hydrogen-bond acceptors (Lipinski definition) is 4. The van der Waals surface area contributed by atoms with Gasteiger partial charge in [-0.1, -0.05) is 30.3 Å². The minimum atomic E-state index is -0.367. The van der Waals surface area contributed by atoms with E-state index in [2.05, 4.69) is 22.3 Å². The Morgan fingerprint density at radius 3 is 2.72 bits per heavy atom. The Morgan fingerprint density at radius 2 is 2.00 bits per heavy atom. The number of aliphatic hydroxyl groups is 1. The predicted octanol–water partition coefficient (Wildman–Crippen LogP) is 2.07. The van der Waals surface area contributed by atoms with Crippen LogP contribution in [0.15, 0.2) is 48.5 Å². The Hall–Kier alpha value is -2.37. The lowest BCUT2D eigenvalue weighted by Crippen LogP contribution is -2.39. The fourth-order valence-electron chi connectivity index (χ4n) is 3.39. The maximum Gasteiger partial charge on any atom is 0.251 e.